The topological polar surface area (TPSA) is 64.7 Å². The number of likely N-dealkylation sites (N-methyl/N-ethyl adjacent to an activating group) is 1. The average molecular weight is 413 g/mol. The third-order valence-electron chi connectivity index (χ3n) is 5.04. The number of thioether (sulfide) groups is 1. The van der Waals surface area contributed by atoms with E-state index < -0.39 is 11.8 Å². The molecule has 0 aromatic heterocycles. The summed E-state index contributed by atoms with van der Waals surface area (Å²) in [5, 5.41) is 5.33. The second-order valence-electron chi connectivity index (χ2n) is 7.15. The van der Waals surface area contributed by atoms with Crippen LogP contribution < -0.4 is 15.5 Å². The molecule has 154 valence electrons. The van der Waals surface area contributed by atoms with Crippen molar-refractivity contribution in [2.75, 3.05) is 56.2 Å². The number of carbonyl (C=O) groups excluding carboxylic acids is 2. The fourth-order valence-electron chi connectivity index (χ4n) is 3.23. The van der Waals surface area contributed by atoms with Gasteiger partial charge in [0.2, 0.25) is 0 Å². The molecule has 0 spiro atoms. The molecule has 0 radical (unpaired) electrons. The molecule has 1 aliphatic rings. The molecule has 7 heteroatoms. The molecule has 1 fully saturated rings. The number of carbonyl (C=O) groups is 2. The number of piperazine rings is 1. The van der Waals surface area contributed by atoms with Crippen molar-refractivity contribution < 1.29 is 9.59 Å². The minimum Gasteiger partial charge on any atom is -0.369 e. The molecule has 2 amide bonds. The zero-order valence-electron chi connectivity index (χ0n) is 17.0. The Hall–Kier alpha value is -2.51. The van der Waals surface area contributed by atoms with Gasteiger partial charge in [-0.1, -0.05) is 18.2 Å². The van der Waals surface area contributed by atoms with Gasteiger partial charge in [-0.2, -0.15) is 0 Å². The van der Waals surface area contributed by atoms with E-state index in [4.69, 9.17) is 0 Å². The Morgan fingerprint density at radius 3 is 2.41 bits per heavy atom. The largest absolute Gasteiger partial charge is 0.369 e. The maximum atomic E-state index is 12.1. The van der Waals surface area contributed by atoms with E-state index in [1.807, 2.05) is 24.5 Å². The maximum absolute atomic E-state index is 12.1. The van der Waals surface area contributed by atoms with E-state index >= 15 is 0 Å². The van der Waals surface area contributed by atoms with E-state index in [1.54, 1.807) is 17.8 Å². The van der Waals surface area contributed by atoms with Crippen LogP contribution in [0, 0.1) is 0 Å². The Balaban J connectivity index is 1.43. The molecule has 2 aromatic rings. The quantitative estimate of drug-likeness (QED) is 0.564. The number of rotatable bonds is 6. The summed E-state index contributed by atoms with van der Waals surface area (Å²) >= 11 is 1.58. The van der Waals surface area contributed by atoms with E-state index in [0.29, 0.717) is 18.7 Å². The number of nitrogens with zero attached hydrogens (tertiary/aromatic N) is 2. The maximum Gasteiger partial charge on any atom is 0.313 e. The van der Waals surface area contributed by atoms with Crippen LogP contribution in [0.25, 0.3) is 0 Å². The second kappa shape index (κ2) is 10.3. The van der Waals surface area contributed by atoms with E-state index in [0.717, 1.165) is 36.6 Å². The predicted molar refractivity (Wildman–Crippen MR) is 120 cm³/mol. The molecular weight excluding hydrogens is 384 g/mol. The van der Waals surface area contributed by atoms with Crippen LogP contribution in [0.15, 0.2) is 53.4 Å². The summed E-state index contributed by atoms with van der Waals surface area (Å²) in [7, 11) is 2.15. The number of anilines is 2. The molecule has 1 saturated heterocycles. The lowest BCUT2D eigenvalue weighted by atomic mass is 10.1. The summed E-state index contributed by atoms with van der Waals surface area (Å²) in [6.45, 7) is 4.67. The van der Waals surface area contributed by atoms with Gasteiger partial charge in [0.15, 0.2) is 0 Å². The molecule has 6 nitrogen and oxygen atoms in total. The van der Waals surface area contributed by atoms with Crippen LogP contribution in [0.5, 0.6) is 0 Å². The number of benzene rings is 2. The number of hydrogen-bond acceptors (Lipinski definition) is 5. The Labute approximate surface area is 176 Å². The highest BCUT2D eigenvalue weighted by atomic mass is 32.2. The van der Waals surface area contributed by atoms with E-state index in [2.05, 4.69) is 51.7 Å². The molecule has 0 aliphatic carbocycles. The first-order valence-electron chi connectivity index (χ1n) is 9.81. The SMILES string of the molecule is CSc1cccc(NC(=O)C(=O)NCCc2ccc(N3CCN(C)CC3)cc2)c1. The van der Waals surface area contributed by atoms with Crippen LogP contribution in [0.4, 0.5) is 11.4 Å². The van der Waals surface area contributed by atoms with Crippen molar-refractivity contribution in [2.45, 2.75) is 11.3 Å². The standard InChI is InChI=1S/C22H28N4O2S/c1-25-12-14-26(15-13-25)19-8-6-17(7-9-19)10-11-23-21(27)22(28)24-18-4-3-5-20(16-18)29-2/h3-9,16H,10-15H2,1-2H3,(H,23,27)(H,24,28). The molecule has 3 rings (SSSR count). The zero-order chi connectivity index (χ0) is 20.6. The Bertz CT molecular complexity index is 833. The van der Waals surface area contributed by atoms with E-state index in [-0.39, 0.29) is 0 Å². The van der Waals surface area contributed by atoms with Gasteiger partial charge in [0, 0.05) is 49.0 Å². The van der Waals surface area contributed by atoms with Crippen molar-refractivity contribution in [1.82, 2.24) is 10.2 Å². The van der Waals surface area contributed by atoms with Gasteiger partial charge in [0.25, 0.3) is 0 Å². The Kier molecular flexibility index (Phi) is 7.55. The fourth-order valence-corrected chi connectivity index (χ4v) is 3.69. The van der Waals surface area contributed by atoms with Gasteiger partial charge in [0.05, 0.1) is 0 Å². The van der Waals surface area contributed by atoms with Crippen molar-refractivity contribution in [3.63, 3.8) is 0 Å². The summed E-state index contributed by atoms with van der Waals surface area (Å²) in [4.78, 5) is 29.9. The minimum atomic E-state index is -0.645. The monoisotopic (exact) mass is 412 g/mol. The van der Waals surface area contributed by atoms with Gasteiger partial charge in [-0.15, -0.1) is 11.8 Å². The van der Waals surface area contributed by atoms with Gasteiger partial charge in [0.1, 0.15) is 0 Å². The first-order chi connectivity index (χ1) is 14.0. The Morgan fingerprint density at radius 1 is 1.00 bits per heavy atom. The molecule has 0 atom stereocenters. The third-order valence-corrected chi connectivity index (χ3v) is 5.76. The number of amides is 2. The fraction of sp³-hybridized carbons (Fsp3) is 0.364. The van der Waals surface area contributed by atoms with Gasteiger partial charge in [-0.05, 0) is 55.6 Å². The summed E-state index contributed by atoms with van der Waals surface area (Å²) in [6, 6.07) is 15.9. The summed E-state index contributed by atoms with van der Waals surface area (Å²) < 4.78 is 0. The van der Waals surface area contributed by atoms with Crippen molar-refractivity contribution in [3.05, 3.63) is 54.1 Å². The first kappa shape index (κ1) is 21.2. The average Bonchev–Trinajstić information content (AvgIpc) is 2.75. The summed E-state index contributed by atoms with van der Waals surface area (Å²) in [5.74, 6) is -1.26. The molecule has 0 bridgehead atoms. The molecule has 0 unspecified atom stereocenters. The number of nitrogens with one attached hydrogen (secondary N) is 2. The lowest BCUT2D eigenvalue weighted by Gasteiger charge is -2.34. The lowest BCUT2D eigenvalue weighted by Crippen LogP contribution is -2.44. The van der Waals surface area contributed by atoms with Gasteiger partial charge in [-0.25, -0.2) is 0 Å². The minimum absolute atomic E-state index is 0.422. The number of hydrogen-bond donors (Lipinski definition) is 2. The van der Waals surface area contributed by atoms with Crippen LogP contribution >= 0.6 is 11.8 Å². The highest BCUT2D eigenvalue weighted by Gasteiger charge is 2.15. The smallest absolute Gasteiger partial charge is 0.313 e. The van der Waals surface area contributed by atoms with Gasteiger partial charge < -0.3 is 20.4 Å². The summed E-state index contributed by atoms with van der Waals surface area (Å²) in [5.41, 5.74) is 2.99. The Morgan fingerprint density at radius 2 is 1.72 bits per heavy atom. The van der Waals surface area contributed by atoms with E-state index in [1.165, 1.54) is 5.69 Å². The molecular formula is C22H28N4O2S. The van der Waals surface area contributed by atoms with Crippen molar-refractivity contribution in [1.29, 1.82) is 0 Å². The molecule has 2 aromatic carbocycles. The van der Waals surface area contributed by atoms with Crippen molar-refractivity contribution >= 4 is 35.0 Å². The zero-order valence-corrected chi connectivity index (χ0v) is 17.8. The molecule has 2 N–H and O–H groups in total. The highest BCUT2D eigenvalue weighted by Crippen LogP contribution is 2.19. The molecule has 29 heavy (non-hydrogen) atoms. The van der Waals surface area contributed by atoms with Crippen LogP contribution in [0.1, 0.15) is 5.56 Å². The molecule has 1 heterocycles. The van der Waals surface area contributed by atoms with Crippen LogP contribution in [0.2, 0.25) is 0 Å². The van der Waals surface area contributed by atoms with Crippen molar-refractivity contribution in [3.8, 4) is 0 Å². The van der Waals surface area contributed by atoms with Crippen LogP contribution in [-0.4, -0.2) is 62.7 Å². The third kappa shape index (κ3) is 6.24. The molecule has 0 saturated carbocycles. The van der Waals surface area contributed by atoms with Gasteiger partial charge in [-0.3, -0.25) is 9.59 Å². The van der Waals surface area contributed by atoms with Crippen LogP contribution in [0.3, 0.4) is 0 Å². The van der Waals surface area contributed by atoms with Crippen molar-refractivity contribution in [2.24, 2.45) is 0 Å². The van der Waals surface area contributed by atoms with Crippen LogP contribution in [-0.2, 0) is 16.0 Å². The highest BCUT2D eigenvalue weighted by molar-refractivity contribution is 7.98. The molecule has 1 aliphatic heterocycles. The van der Waals surface area contributed by atoms with E-state index in [9.17, 15) is 9.59 Å². The first-order valence-corrected chi connectivity index (χ1v) is 11.0. The summed E-state index contributed by atoms with van der Waals surface area (Å²) in [6.07, 6.45) is 2.65. The predicted octanol–water partition coefficient (Wildman–Crippen LogP) is 2.46. The lowest BCUT2D eigenvalue weighted by molar-refractivity contribution is -0.136. The second-order valence-corrected chi connectivity index (χ2v) is 8.03. The van der Waals surface area contributed by atoms with Gasteiger partial charge >= 0.3 is 11.8 Å². The normalized spacial score (nSPS) is 14.5.